The highest BCUT2D eigenvalue weighted by atomic mass is 16.2. The molecule has 0 unspecified atom stereocenters. The molecule has 0 spiro atoms. The first-order valence-corrected chi connectivity index (χ1v) is 7.44. The second kappa shape index (κ2) is 6.41. The van der Waals surface area contributed by atoms with Crippen molar-refractivity contribution in [3.63, 3.8) is 0 Å². The Morgan fingerprint density at radius 3 is 2.16 bits per heavy atom. The van der Waals surface area contributed by atoms with Gasteiger partial charge in [0.1, 0.15) is 6.54 Å². The molecule has 1 aliphatic carbocycles. The van der Waals surface area contributed by atoms with Crippen molar-refractivity contribution in [1.29, 1.82) is 5.26 Å². The molecule has 1 rings (SSSR count). The Kier molecular flexibility index (Phi) is 5.40. The standard InChI is InChI=1S/C16H28N2O/c1-12(2)18(11-10-17)15(19)13-6-8-14(9-7-13)16(3,4)5/h12-14H,6-9,11H2,1-5H3. The molecule has 0 bridgehead atoms. The molecular formula is C16H28N2O. The lowest BCUT2D eigenvalue weighted by Crippen LogP contribution is -2.42. The SMILES string of the molecule is CC(C)N(CC#N)C(=O)C1CCC(C(C)(C)C)CC1. The van der Waals surface area contributed by atoms with Crippen LogP contribution in [0.1, 0.15) is 60.3 Å². The first kappa shape index (κ1) is 16.0. The van der Waals surface area contributed by atoms with Gasteiger partial charge in [-0.15, -0.1) is 0 Å². The van der Waals surface area contributed by atoms with E-state index in [1.165, 1.54) is 0 Å². The van der Waals surface area contributed by atoms with E-state index in [0.717, 1.165) is 31.6 Å². The molecular weight excluding hydrogens is 236 g/mol. The molecule has 19 heavy (non-hydrogen) atoms. The minimum absolute atomic E-state index is 0.118. The van der Waals surface area contributed by atoms with E-state index < -0.39 is 0 Å². The zero-order valence-electron chi connectivity index (χ0n) is 13.1. The van der Waals surface area contributed by atoms with Crippen molar-refractivity contribution in [3.05, 3.63) is 0 Å². The monoisotopic (exact) mass is 264 g/mol. The number of amides is 1. The van der Waals surface area contributed by atoms with Gasteiger partial charge in [0.15, 0.2) is 0 Å². The van der Waals surface area contributed by atoms with E-state index in [1.807, 2.05) is 13.8 Å². The highest BCUT2D eigenvalue weighted by molar-refractivity contribution is 5.79. The van der Waals surface area contributed by atoms with Crippen LogP contribution in [0.5, 0.6) is 0 Å². The van der Waals surface area contributed by atoms with Crippen LogP contribution >= 0.6 is 0 Å². The largest absolute Gasteiger partial charge is 0.327 e. The van der Waals surface area contributed by atoms with Gasteiger partial charge in [0.2, 0.25) is 5.91 Å². The van der Waals surface area contributed by atoms with Gasteiger partial charge in [-0.2, -0.15) is 5.26 Å². The topological polar surface area (TPSA) is 44.1 Å². The first-order chi connectivity index (χ1) is 8.77. The summed E-state index contributed by atoms with van der Waals surface area (Å²) >= 11 is 0. The van der Waals surface area contributed by atoms with E-state index in [2.05, 4.69) is 26.8 Å². The van der Waals surface area contributed by atoms with E-state index in [-0.39, 0.29) is 24.4 Å². The molecule has 1 fully saturated rings. The molecule has 1 amide bonds. The van der Waals surface area contributed by atoms with Gasteiger partial charge in [0, 0.05) is 12.0 Å². The average Bonchev–Trinajstić information content (AvgIpc) is 2.34. The smallest absolute Gasteiger partial charge is 0.226 e. The van der Waals surface area contributed by atoms with Gasteiger partial charge < -0.3 is 4.90 Å². The molecule has 0 N–H and O–H groups in total. The van der Waals surface area contributed by atoms with Crippen molar-refractivity contribution in [3.8, 4) is 6.07 Å². The summed E-state index contributed by atoms with van der Waals surface area (Å²) in [4.78, 5) is 14.2. The number of carbonyl (C=O) groups excluding carboxylic acids is 1. The van der Waals surface area contributed by atoms with Crippen LogP contribution in [-0.2, 0) is 4.79 Å². The predicted octanol–water partition coefficient (Wildman–Crippen LogP) is 3.60. The maximum Gasteiger partial charge on any atom is 0.226 e. The molecule has 0 aromatic rings. The number of hydrogen-bond donors (Lipinski definition) is 0. The Morgan fingerprint density at radius 2 is 1.79 bits per heavy atom. The van der Waals surface area contributed by atoms with Crippen molar-refractivity contribution in [2.45, 2.75) is 66.3 Å². The van der Waals surface area contributed by atoms with Crippen LogP contribution < -0.4 is 0 Å². The number of hydrogen-bond acceptors (Lipinski definition) is 2. The summed E-state index contributed by atoms with van der Waals surface area (Å²) in [6.07, 6.45) is 4.24. The molecule has 108 valence electrons. The van der Waals surface area contributed by atoms with Gasteiger partial charge in [-0.3, -0.25) is 4.79 Å². The van der Waals surface area contributed by atoms with Crippen LogP contribution in [0.3, 0.4) is 0 Å². The van der Waals surface area contributed by atoms with Crippen LogP contribution in [0.25, 0.3) is 0 Å². The maximum atomic E-state index is 12.5. The zero-order valence-corrected chi connectivity index (χ0v) is 13.1. The lowest BCUT2D eigenvalue weighted by atomic mass is 9.69. The van der Waals surface area contributed by atoms with Gasteiger partial charge in [-0.05, 0) is 50.9 Å². The highest BCUT2D eigenvalue weighted by Gasteiger charge is 2.34. The number of nitrogens with zero attached hydrogens (tertiary/aromatic N) is 2. The Hall–Kier alpha value is -1.04. The summed E-state index contributed by atoms with van der Waals surface area (Å²) in [5.74, 6) is 1.04. The minimum atomic E-state index is 0.118. The molecule has 0 aromatic carbocycles. The Labute approximate surface area is 118 Å². The van der Waals surface area contributed by atoms with Gasteiger partial charge in [0.25, 0.3) is 0 Å². The van der Waals surface area contributed by atoms with Gasteiger partial charge >= 0.3 is 0 Å². The van der Waals surface area contributed by atoms with E-state index >= 15 is 0 Å². The molecule has 0 heterocycles. The molecule has 0 radical (unpaired) electrons. The van der Waals surface area contributed by atoms with Crippen molar-refractivity contribution in [1.82, 2.24) is 4.90 Å². The van der Waals surface area contributed by atoms with Gasteiger partial charge in [-0.1, -0.05) is 20.8 Å². The van der Waals surface area contributed by atoms with Gasteiger partial charge in [0.05, 0.1) is 6.07 Å². The fourth-order valence-corrected chi connectivity index (χ4v) is 3.03. The molecule has 1 aliphatic rings. The summed E-state index contributed by atoms with van der Waals surface area (Å²) in [6, 6.07) is 2.23. The second-order valence-electron chi connectivity index (χ2n) is 7.13. The van der Waals surface area contributed by atoms with Crippen molar-refractivity contribution >= 4 is 5.91 Å². The summed E-state index contributed by atoms with van der Waals surface area (Å²) in [7, 11) is 0. The zero-order chi connectivity index (χ0) is 14.6. The van der Waals surface area contributed by atoms with Crippen LogP contribution in [0.2, 0.25) is 0 Å². The van der Waals surface area contributed by atoms with E-state index in [9.17, 15) is 4.79 Å². The summed E-state index contributed by atoms with van der Waals surface area (Å²) in [6.45, 7) is 11.0. The van der Waals surface area contributed by atoms with E-state index in [0.29, 0.717) is 5.41 Å². The molecule has 0 aromatic heterocycles. The fraction of sp³-hybridized carbons (Fsp3) is 0.875. The Balaban J connectivity index is 2.60. The van der Waals surface area contributed by atoms with E-state index in [1.54, 1.807) is 4.90 Å². The molecule has 0 saturated heterocycles. The summed E-state index contributed by atoms with van der Waals surface area (Å²) in [5.41, 5.74) is 0.346. The minimum Gasteiger partial charge on any atom is -0.327 e. The highest BCUT2D eigenvalue weighted by Crippen LogP contribution is 2.40. The van der Waals surface area contributed by atoms with Gasteiger partial charge in [-0.25, -0.2) is 0 Å². The number of rotatable bonds is 3. The van der Waals surface area contributed by atoms with Crippen molar-refractivity contribution in [2.24, 2.45) is 17.3 Å². The second-order valence-corrected chi connectivity index (χ2v) is 7.13. The number of nitriles is 1. The van der Waals surface area contributed by atoms with Crippen LogP contribution in [-0.4, -0.2) is 23.4 Å². The van der Waals surface area contributed by atoms with Crippen LogP contribution in [0.4, 0.5) is 0 Å². The quantitative estimate of drug-likeness (QED) is 0.731. The van der Waals surface area contributed by atoms with Crippen molar-refractivity contribution < 1.29 is 4.79 Å². The third-order valence-electron chi connectivity index (χ3n) is 4.45. The summed E-state index contributed by atoms with van der Waals surface area (Å²) in [5, 5.41) is 8.84. The van der Waals surface area contributed by atoms with Crippen LogP contribution in [0.15, 0.2) is 0 Å². The average molecular weight is 264 g/mol. The molecule has 3 nitrogen and oxygen atoms in total. The fourth-order valence-electron chi connectivity index (χ4n) is 3.03. The molecule has 0 aliphatic heterocycles. The lowest BCUT2D eigenvalue weighted by molar-refractivity contribution is -0.138. The molecule has 1 saturated carbocycles. The normalized spacial score (nSPS) is 24.1. The molecule has 3 heteroatoms. The van der Waals surface area contributed by atoms with E-state index in [4.69, 9.17) is 5.26 Å². The third-order valence-corrected chi connectivity index (χ3v) is 4.45. The third kappa shape index (κ3) is 4.23. The Morgan fingerprint density at radius 1 is 1.26 bits per heavy atom. The van der Waals surface area contributed by atoms with Crippen LogP contribution in [0, 0.1) is 28.6 Å². The lowest BCUT2D eigenvalue weighted by Gasteiger charge is -2.38. The maximum absolute atomic E-state index is 12.5. The number of carbonyl (C=O) groups is 1. The first-order valence-electron chi connectivity index (χ1n) is 7.44. The Bertz CT molecular complexity index is 341. The molecule has 0 atom stereocenters. The summed E-state index contributed by atoms with van der Waals surface area (Å²) < 4.78 is 0. The van der Waals surface area contributed by atoms with Crippen molar-refractivity contribution in [2.75, 3.05) is 6.54 Å². The predicted molar refractivity (Wildman–Crippen MR) is 77.4 cm³/mol.